The van der Waals surface area contributed by atoms with Crippen molar-refractivity contribution in [1.29, 1.82) is 0 Å². The Morgan fingerprint density at radius 2 is 1.82 bits per heavy atom. The Labute approximate surface area is 198 Å². The molecular formula is C27H28O7. The van der Waals surface area contributed by atoms with Gasteiger partial charge in [-0.15, -0.1) is 0 Å². The minimum Gasteiger partial charge on any atom is -0.508 e. The smallest absolute Gasteiger partial charge is 0.342 e. The number of aromatic hydroxyl groups is 2. The number of fused-ring (bicyclic) bond motifs is 2. The fraction of sp³-hybridized carbons (Fsp3) is 0.370. The van der Waals surface area contributed by atoms with E-state index < -0.39 is 24.0 Å². The lowest BCUT2D eigenvalue weighted by Crippen LogP contribution is -2.23. The Balaban J connectivity index is 1.82. The van der Waals surface area contributed by atoms with E-state index >= 15 is 0 Å². The van der Waals surface area contributed by atoms with E-state index in [0.29, 0.717) is 55.2 Å². The lowest BCUT2D eigenvalue weighted by molar-refractivity contribution is -0.135. The monoisotopic (exact) mass is 464 g/mol. The number of hydrogen-bond donors (Lipinski definition) is 2. The summed E-state index contributed by atoms with van der Waals surface area (Å²) >= 11 is 0. The van der Waals surface area contributed by atoms with Crippen LogP contribution < -0.4 is 4.74 Å². The molecule has 0 saturated heterocycles. The SMILES string of the molecule is C[C@H]1CCCC(=O)CCC/C=C/c2cc3c(c(O)c2C(=O)O1)[C@@H](c1cccc(O)c1)CC(=O)O3. The fourth-order valence-corrected chi connectivity index (χ4v) is 4.55. The predicted molar refractivity (Wildman–Crippen MR) is 125 cm³/mol. The topological polar surface area (TPSA) is 110 Å². The van der Waals surface area contributed by atoms with E-state index in [0.717, 1.165) is 0 Å². The normalized spacial score (nSPS) is 22.6. The third-order valence-corrected chi connectivity index (χ3v) is 6.25. The van der Waals surface area contributed by atoms with Crippen LogP contribution in [0.4, 0.5) is 0 Å². The standard InChI is InChI=1S/C27H28O7/c1-16-7-5-11-19(28)10-4-2-3-8-18-14-22-25(26(31)24(18)27(32)33-16)21(15-23(30)34-22)17-9-6-12-20(29)13-17/h3,6,8-9,12-14,16,21,29,31H,2,4-5,7,10-11,15H2,1H3/b8-3+/t16-,21+/m0/s1. The summed E-state index contributed by atoms with van der Waals surface area (Å²) in [5.74, 6) is -1.64. The molecule has 2 atom stereocenters. The molecule has 2 aliphatic heterocycles. The molecule has 0 radical (unpaired) electrons. The number of hydrogen-bond acceptors (Lipinski definition) is 7. The molecule has 0 unspecified atom stereocenters. The second kappa shape index (κ2) is 10.1. The molecule has 0 bridgehead atoms. The number of ether oxygens (including phenoxy) is 2. The van der Waals surface area contributed by atoms with Gasteiger partial charge in [-0.05, 0) is 61.9 Å². The van der Waals surface area contributed by atoms with Gasteiger partial charge in [-0.1, -0.05) is 24.3 Å². The van der Waals surface area contributed by atoms with Crippen LogP contribution in [0.25, 0.3) is 6.08 Å². The van der Waals surface area contributed by atoms with E-state index in [9.17, 15) is 24.6 Å². The number of allylic oxidation sites excluding steroid dienone is 1. The van der Waals surface area contributed by atoms with Crippen molar-refractivity contribution in [3.05, 3.63) is 58.7 Å². The lowest BCUT2D eigenvalue weighted by atomic mass is 9.83. The quantitative estimate of drug-likeness (QED) is 0.450. The first-order valence-electron chi connectivity index (χ1n) is 11.6. The molecule has 2 aliphatic rings. The Hall–Kier alpha value is -3.61. The Morgan fingerprint density at radius 3 is 2.62 bits per heavy atom. The number of benzene rings is 2. The maximum absolute atomic E-state index is 13.2. The van der Waals surface area contributed by atoms with Crippen molar-refractivity contribution < 1.29 is 34.1 Å². The highest BCUT2D eigenvalue weighted by Gasteiger charge is 2.35. The molecule has 2 aromatic rings. The molecule has 7 nitrogen and oxygen atoms in total. The maximum atomic E-state index is 13.2. The number of esters is 2. The van der Waals surface area contributed by atoms with Crippen molar-refractivity contribution in [2.75, 3.05) is 0 Å². The molecule has 0 amide bonds. The van der Waals surface area contributed by atoms with E-state index in [4.69, 9.17) is 9.47 Å². The Morgan fingerprint density at radius 1 is 1.03 bits per heavy atom. The van der Waals surface area contributed by atoms with E-state index in [1.807, 2.05) is 6.08 Å². The molecule has 0 fully saturated rings. The van der Waals surface area contributed by atoms with Crippen LogP contribution >= 0.6 is 0 Å². The zero-order valence-electron chi connectivity index (χ0n) is 19.1. The Bertz CT molecular complexity index is 1150. The molecule has 4 rings (SSSR count). The van der Waals surface area contributed by atoms with Gasteiger partial charge in [-0.25, -0.2) is 4.79 Å². The molecule has 0 aliphatic carbocycles. The first-order valence-corrected chi connectivity index (χ1v) is 11.6. The van der Waals surface area contributed by atoms with Gasteiger partial charge in [-0.2, -0.15) is 0 Å². The molecule has 7 heteroatoms. The van der Waals surface area contributed by atoms with E-state index in [2.05, 4.69) is 0 Å². The molecule has 0 spiro atoms. The van der Waals surface area contributed by atoms with Gasteiger partial charge in [-0.3, -0.25) is 9.59 Å². The van der Waals surface area contributed by atoms with Gasteiger partial charge in [0.2, 0.25) is 0 Å². The second-order valence-electron chi connectivity index (χ2n) is 8.87. The van der Waals surface area contributed by atoms with E-state index in [1.165, 1.54) is 12.1 Å². The minimum atomic E-state index is -0.678. The highest BCUT2D eigenvalue weighted by atomic mass is 16.5. The van der Waals surface area contributed by atoms with Gasteiger partial charge in [0.1, 0.15) is 28.6 Å². The highest BCUT2D eigenvalue weighted by Crippen LogP contribution is 2.47. The molecule has 2 aromatic carbocycles. The first-order chi connectivity index (χ1) is 16.3. The van der Waals surface area contributed by atoms with Crippen molar-refractivity contribution in [3.8, 4) is 17.2 Å². The van der Waals surface area contributed by atoms with E-state index in [1.54, 1.807) is 31.2 Å². The number of cyclic esters (lactones) is 1. The number of ketones is 1. The van der Waals surface area contributed by atoms with Crippen molar-refractivity contribution in [2.45, 2.75) is 63.9 Å². The van der Waals surface area contributed by atoms with Crippen LogP contribution in [0.3, 0.4) is 0 Å². The average Bonchev–Trinajstić information content (AvgIpc) is 2.77. The summed E-state index contributed by atoms with van der Waals surface area (Å²) in [5, 5.41) is 21.3. The zero-order valence-corrected chi connectivity index (χ0v) is 19.1. The van der Waals surface area contributed by atoms with Crippen LogP contribution in [0, 0.1) is 0 Å². The Kier molecular flexibility index (Phi) is 7.01. The van der Waals surface area contributed by atoms with Crippen molar-refractivity contribution in [2.24, 2.45) is 0 Å². The van der Waals surface area contributed by atoms with Gasteiger partial charge in [0.25, 0.3) is 0 Å². The first kappa shape index (κ1) is 23.5. The van der Waals surface area contributed by atoms with Crippen molar-refractivity contribution >= 4 is 23.8 Å². The molecule has 0 saturated carbocycles. The summed E-state index contributed by atoms with van der Waals surface area (Å²) < 4.78 is 11.1. The summed E-state index contributed by atoms with van der Waals surface area (Å²) in [4.78, 5) is 37.6. The van der Waals surface area contributed by atoms with Crippen molar-refractivity contribution in [1.82, 2.24) is 0 Å². The summed E-state index contributed by atoms with van der Waals surface area (Å²) in [5.41, 5.74) is 1.32. The van der Waals surface area contributed by atoms with Gasteiger partial charge < -0.3 is 19.7 Å². The van der Waals surface area contributed by atoms with Gasteiger partial charge in [0.05, 0.1) is 12.5 Å². The van der Waals surface area contributed by atoms with Crippen LogP contribution in [-0.4, -0.2) is 34.0 Å². The van der Waals surface area contributed by atoms with Gasteiger partial charge in [0, 0.05) is 24.3 Å². The molecule has 178 valence electrons. The zero-order chi connectivity index (χ0) is 24.2. The molecule has 2 heterocycles. The van der Waals surface area contributed by atoms with Gasteiger partial charge in [0.15, 0.2) is 0 Å². The van der Waals surface area contributed by atoms with E-state index in [-0.39, 0.29) is 35.0 Å². The number of phenolic OH excluding ortho intramolecular Hbond substituents is 2. The lowest BCUT2D eigenvalue weighted by Gasteiger charge is -2.27. The second-order valence-corrected chi connectivity index (χ2v) is 8.87. The number of phenols is 2. The maximum Gasteiger partial charge on any atom is 0.342 e. The molecule has 34 heavy (non-hydrogen) atoms. The predicted octanol–water partition coefficient (Wildman–Crippen LogP) is 5.02. The molecule has 0 aromatic heterocycles. The highest BCUT2D eigenvalue weighted by molar-refractivity contribution is 5.98. The van der Waals surface area contributed by atoms with Crippen molar-refractivity contribution in [3.63, 3.8) is 0 Å². The third kappa shape index (κ3) is 5.14. The van der Waals surface area contributed by atoms with Crippen LogP contribution in [0.15, 0.2) is 36.4 Å². The molecule has 2 N–H and O–H groups in total. The number of rotatable bonds is 1. The summed E-state index contributed by atoms with van der Waals surface area (Å²) in [6, 6.07) is 8.02. The van der Waals surface area contributed by atoms with Crippen LogP contribution in [0.1, 0.15) is 84.8 Å². The summed E-state index contributed by atoms with van der Waals surface area (Å²) in [6.45, 7) is 1.76. The van der Waals surface area contributed by atoms with Crippen LogP contribution in [0.2, 0.25) is 0 Å². The summed E-state index contributed by atoms with van der Waals surface area (Å²) in [6.07, 6.45) is 6.46. The van der Waals surface area contributed by atoms with Crippen LogP contribution in [0.5, 0.6) is 17.2 Å². The van der Waals surface area contributed by atoms with Crippen LogP contribution in [-0.2, 0) is 14.3 Å². The number of Topliss-reactive ketones (excluding diaryl/α,β-unsaturated/α-hetero) is 1. The fourth-order valence-electron chi connectivity index (χ4n) is 4.55. The average molecular weight is 465 g/mol. The molecular weight excluding hydrogens is 436 g/mol. The third-order valence-electron chi connectivity index (χ3n) is 6.25. The largest absolute Gasteiger partial charge is 0.508 e. The number of carbonyl (C=O) groups excluding carboxylic acids is 3. The summed E-state index contributed by atoms with van der Waals surface area (Å²) in [7, 11) is 0. The minimum absolute atomic E-state index is 0.0121. The number of carbonyl (C=O) groups is 3. The van der Waals surface area contributed by atoms with Gasteiger partial charge >= 0.3 is 11.9 Å².